The van der Waals surface area contributed by atoms with Crippen molar-refractivity contribution in [2.75, 3.05) is 0 Å². The summed E-state index contributed by atoms with van der Waals surface area (Å²) >= 11 is 0. The van der Waals surface area contributed by atoms with Crippen molar-refractivity contribution >= 4 is 6.03 Å². The molecule has 22 heavy (non-hydrogen) atoms. The zero-order valence-electron chi connectivity index (χ0n) is 11.9. The minimum absolute atomic E-state index is 0.0717. The third-order valence-corrected chi connectivity index (χ3v) is 3.10. The molecule has 10 heteroatoms. The lowest BCUT2D eigenvalue weighted by atomic mass is 10.1. The van der Waals surface area contributed by atoms with Crippen LogP contribution in [0.5, 0.6) is 0 Å². The molecule has 0 aliphatic rings. The summed E-state index contributed by atoms with van der Waals surface area (Å²) in [5.41, 5.74) is -1.37. The second-order valence-electron chi connectivity index (χ2n) is 4.74. The van der Waals surface area contributed by atoms with Crippen LogP contribution in [0.3, 0.4) is 0 Å². The molecule has 0 aliphatic carbocycles. The van der Waals surface area contributed by atoms with Gasteiger partial charge < -0.3 is 0 Å². The lowest BCUT2D eigenvalue weighted by molar-refractivity contribution is -0.141. The van der Waals surface area contributed by atoms with Crippen molar-refractivity contribution in [1.82, 2.24) is 30.0 Å². The number of hydrogen-bond acceptors (Lipinski definition) is 5. The van der Waals surface area contributed by atoms with Gasteiger partial charge in [0.1, 0.15) is 0 Å². The molecule has 120 valence electrons. The Hall–Kier alpha value is -2.26. The number of aromatic nitrogens is 6. The van der Waals surface area contributed by atoms with Crippen LogP contribution < -0.4 is 0 Å². The molecular formula is C12H15F3N6O. The fourth-order valence-corrected chi connectivity index (χ4v) is 2.03. The first-order valence-electron chi connectivity index (χ1n) is 6.88. The molecule has 2 aromatic heterocycles. The Bertz CT molecular complexity index is 619. The van der Waals surface area contributed by atoms with Crippen molar-refractivity contribution in [2.45, 2.75) is 45.2 Å². The summed E-state index contributed by atoms with van der Waals surface area (Å²) in [5.74, 6) is 0. The smallest absolute Gasteiger partial charge is 0.243 e. The van der Waals surface area contributed by atoms with E-state index in [9.17, 15) is 18.0 Å². The number of unbranched alkanes of at least 4 members (excludes halogenated alkanes) is 3. The largest absolute Gasteiger partial charge is 0.437 e. The first-order valence-corrected chi connectivity index (χ1v) is 6.88. The maximum Gasteiger partial charge on any atom is 0.437 e. The summed E-state index contributed by atoms with van der Waals surface area (Å²) in [5, 5.41) is 13.4. The van der Waals surface area contributed by atoms with Crippen LogP contribution in [0, 0.1) is 0 Å². The van der Waals surface area contributed by atoms with Crippen LogP contribution in [-0.4, -0.2) is 36.0 Å². The van der Waals surface area contributed by atoms with Crippen LogP contribution >= 0.6 is 0 Å². The highest BCUT2D eigenvalue weighted by Gasteiger charge is 2.39. The molecule has 0 spiro atoms. The quantitative estimate of drug-likeness (QED) is 0.792. The molecular weight excluding hydrogens is 301 g/mol. The van der Waals surface area contributed by atoms with Crippen molar-refractivity contribution in [3.63, 3.8) is 0 Å². The molecule has 7 nitrogen and oxygen atoms in total. The molecule has 0 saturated heterocycles. The fourth-order valence-electron chi connectivity index (χ4n) is 2.03. The van der Waals surface area contributed by atoms with Crippen molar-refractivity contribution in [3.8, 4) is 0 Å². The summed E-state index contributed by atoms with van der Waals surface area (Å²) in [6.45, 7) is 2.00. The van der Waals surface area contributed by atoms with Crippen LogP contribution in [0.15, 0.2) is 12.4 Å². The van der Waals surface area contributed by atoms with Gasteiger partial charge in [0.05, 0.1) is 18.1 Å². The highest BCUT2D eigenvalue weighted by atomic mass is 19.4. The van der Waals surface area contributed by atoms with Gasteiger partial charge in [-0.05, 0) is 12.8 Å². The van der Waals surface area contributed by atoms with E-state index in [1.165, 1.54) is 12.4 Å². The molecule has 2 aromatic rings. The van der Waals surface area contributed by atoms with Gasteiger partial charge in [-0.2, -0.15) is 22.5 Å². The highest BCUT2D eigenvalue weighted by Crippen LogP contribution is 2.31. The van der Waals surface area contributed by atoms with Crippen molar-refractivity contribution in [3.05, 3.63) is 23.8 Å². The summed E-state index contributed by atoms with van der Waals surface area (Å²) < 4.78 is 40.4. The summed E-state index contributed by atoms with van der Waals surface area (Å²) in [6, 6.07) is -0.842. The molecule has 0 radical (unpaired) electrons. The van der Waals surface area contributed by atoms with E-state index in [1.54, 1.807) is 0 Å². The van der Waals surface area contributed by atoms with Crippen molar-refractivity contribution in [1.29, 1.82) is 0 Å². The second-order valence-corrected chi connectivity index (χ2v) is 4.74. The topological polar surface area (TPSA) is 78.5 Å². The Morgan fingerprint density at radius 3 is 2.59 bits per heavy atom. The number of alkyl halides is 3. The first-order chi connectivity index (χ1) is 10.4. The molecule has 0 aliphatic heterocycles. The molecule has 0 saturated carbocycles. The molecule has 0 amide bonds. The van der Waals surface area contributed by atoms with E-state index in [2.05, 4.69) is 20.6 Å². The van der Waals surface area contributed by atoms with E-state index >= 15 is 0 Å². The van der Waals surface area contributed by atoms with Crippen LogP contribution in [0.2, 0.25) is 0 Å². The van der Waals surface area contributed by atoms with Crippen LogP contribution in [0.25, 0.3) is 0 Å². The van der Waals surface area contributed by atoms with Gasteiger partial charge in [-0.3, -0.25) is 0 Å². The number of hydrogen-bond donors (Lipinski definition) is 0. The third kappa shape index (κ3) is 3.49. The van der Waals surface area contributed by atoms with E-state index in [0.29, 0.717) is 11.1 Å². The van der Waals surface area contributed by atoms with E-state index in [-0.39, 0.29) is 12.1 Å². The van der Waals surface area contributed by atoms with E-state index in [0.717, 1.165) is 23.9 Å². The Morgan fingerprint density at radius 1 is 1.23 bits per heavy atom. The number of carbonyl (C=O) groups excluding carboxylic acids is 1. The Labute approximate surface area is 124 Å². The minimum atomic E-state index is -4.65. The SMILES string of the molecule is CCCCCCc1c(C(F)(F)F)nnn1C(=O)n1ccnn1. The maximum absolute atomic E-state index is 13.0. The normalized spacial score (nSPS) is 11.8. The average molecular weight is 316 g/mol. The Morgan fingerprint density at radius 2 is 2.00 bits per heavy atom. The van der Waals surface area contributed by atoms with Gasteiger partial charge in [0.2, 0.25) is 0 Å². The Balaban J connectivity index is 2.29. The van der Waals surface area contributed by atoms with E-state index in [1.807, 2.05) is 6.92 Å². The molecule has 0 aromatic carbocycles. The molecule has 2 rings (SSSR count). The molecule has 0 atom stereocenters. The summed E-state index contributed by atoms with van der Waals surface area (Å²) in [4.78, 5) is 12.1. The predicted molar refractivity (Wildman–Crippen MR) is 69.1 cm³/mol. The van der Waals surface area contributed by atoms with Crippen molar-refractivity contribution in [2.24, 2.45) is 0 Å². The predicted octanol–water partition coefficient (Wildman–Crippen LogP) is 2.53. The lowest BCUT2D eigenvalue weighted by Gasteiger charge is -2.08. The summed E-state index contributed by atoms with van der Waals surface area (Å²) in [7, 11) is 0. The van der Waals surface area contributed by atoms with Crippen LogP contribution in [-0.2, 0) is 12.6 Å². The Kier molecular flexibility index (Phi) is 4.88. The van der Waals surface area contributed by atoms with Gasteiger partial charge >= 0.3 is 12.2 Å². The van der Waals surface area contributed by atoms with Gasteiger partial charge in [0.15, 0.2) is 5.69 Å². The van der Waals surface area contributed by atoms with E-state index in [4.69, 9.17) is 0 Å². The van der Waals surface area contributed by atoms with Gasteiger partial charge in [-0.15, -0.1) is 10.2 Å². The zero-order valence-corrected chi connectivity index (χ0v) is 11.9. The lowest BCUT2D eigenvalue weighted by Crippen LogP contribution is -2.24. The maximum atomic E-state index is 13.0. The molecule has 0 N–H and O–H groups in total. The van der Waals surface area contributed by atoms with Crippen molar-refractivity contribution < 1.29 is 18.0 Å². The van der Waals surface area contributed by atoms with Crippen LogP contribution in [0.4, 0.5) is 18.0 Å². The van der Waals surface area contributed by atoms with Crippen LogP contribution in [0.1, 0.15) is 44.0 Å². The molecule has 0 bridgehead atoms. The standard InChI is InChI=1S/C12H15F3N6O/c1-2-3-4-5-6-9-10(12(13,14)15)17-19-21(9)11(22)20-8-7-16-18-20/h7-8H,2-6H2,1H3. The molecule has 0 fully saturated rings. The average Bonchev–Trinajstić information content (AvgIpc) is 3.11. The van der Waals surface area contributed by atoms with Gasteiger partial charge in [0.25, 0.3) is 0 Å². The van der Waals surface area contributed by atoms with E-state index < -0.39 is 17.9 Å². The van der Waals surface area contributed by atoms with Gasteiger partial charge in [-0.1, -0.05) is 36.6 Å². The molecule has 0 unspecified atom stereocenters. The zero-order chi connectivity index (χ0) is 16.2. The fraction of sp³-hybridized carbons (Fsp3) is 0.583. The van der Waals surface area contributed by atoms with Gasteiger partial charge in [0, 0.05) is 0 Å². The highest BCUT2D eigenvalue weighted by molar-refractivity contribution is 5.77. The monoisotopic (exact) mass is 316 g/mol. The summed E-state index contributed by atoms with van der Waals surface area (Å²) in [6.07, 6.45) is 1.08. The second kappa shape index (κ2) is 6.67. The minimum Gasteiger partial charge on any atom is -0.243 e. The molecule has 2 heterocycles. The number of nitrogens with zero attached hydrogens (tertiary/aromatic N) is 6. The first kappa shape index (κ1) is 16.1. The number of halogens is 3. The number of rotatable bonds is 5. The third-order valence-electron chi connectivity index (χ3n) is 3.10. The number of carbonyl (C=O) groups is 1. The van der Waals surface area contributed by atoms with Gasteiger partial charge in [-0.25, -0.2) is 4.79 Å².